The van der Waals surface area contributed by atoms with E-state index < -0.39 is 39.3 Å². The Morgan fingerprint density at radius 3 is 1.95 bits per heavy atom. The zero-order valence-electron chi connectivity index (χ0n) is 9.06. The monoisotopic (exact) mass is 302 g/mol. The number of hydrogen-bond donors (Lipinski definition) is 0. The van der Waals surface area contributed by atoms with Gasteiger partial charge in [0.05, 0.1) is 15.9 Å². The van der Waals surface area contributed by atoms with Crippen LogP contribution in [0.4, 0.5) is 33.3 Å². The standard InChI is InChI=1S/C8H3F5N2O5/c9-7(10,11)8(12,13)20-6-2-1-4(14(16)17)3-5(6)15(18)19/h1-3H. The molecule has 1 aromatic carbocycles. The van der Waals surface area contributed by atoms with Crippen molar-refractivity contribution >= 4 is 11.4 Å². The van der Waals surface area contributed by atoms with Gasteiger partial charge in [-0.2, -0.15) is 22.0 Å². The molecule has 0 bridgehead atoms. The maximum atomic E-state index is 12.6. The van der Waals surface area contributed by atoms with E-state index in [1.807, 2.05) is 0 Å². The van der Waals surface area contributed by atoms with Gasteiger partial charge in [0.2, 0.25) is 5.75 Å². The van der Waals surface area contributed by atoms with E-state index in [0.29, 0.717) is 6.07 Å². The lowest BCUT2D eigenvalue weighted by molar-refractivity contribution is -0.399. The fourth-order valence-electron chi connectivity index (χ4n) is 1.04. The molecule has 0 aromatic heterocycles. The first-order chi connectivity index (χ1) is 8.95. The summed E-state index contributed by atoms with van der Waals surface area (Å²) >= 11 is 0. The van der Waals surface area contributed by atoms with Crippen LogP contribution in [0.25, 0.3) is 0 Å². The summed E-state index contributed by atoms with van der Waals surface area (Å²) in [6.07, 6.45) is -11.8. The highest BCUT2D eigenvalue weighted by Crippen LogP contribution is 2.40. The van der Waals surface area contributed by atoms with Gasteiger partial charge in [-0.1, -0.05) is 0 Å². The minimum atomic E-state index is -6.09. The van der Waals surface area contributed by atoms with Gasteiger partial charge in [-0.25, -0.2) is 0 Å². The lowest BCUT2D eigenvalue weighted by Gasteiger charge is -2.19. The zero-order chi connectivity index (χ0) is 15.7. The maximum absolute atomic E-state index is 12.6. The van der Waals surface area contributed by atoms with Crippen molar-refractivity contribution in [2.24, 2.45) is 0 Å². The van der Waals surface area contributed by atoms with Crippen molar-refractivity contribution in [3.63, 3.8) is 0 Å². The van der Waals surface area contributed by atoms with Crippen LogP contribution in [-0.2, 0) is 0 Å². The first-order valence-electron chi connectivity index (χ1n) is 4.52. The second-order valence-corrected chi connectivity index (χ2v) is 3.28. The molecule has 0 radical (unpaired) electrons. The van der Waals surface area contributed by atoms with Gasteiger partial charge in [0, 0.05) is 6.07 Å². The Bertz CT molecular complexity index is 559. The summed E-state index contributed by atoms with van der Waals surface area (Å²) < 4.78 is 64.2. The number of nitro benzene ring substituents is 2. The highest BCUT2D eigenvalue weighted by Gasteiger charge is 2.61. The van der Waals surface area contributed by atoms with Crippen LogP contribution >= 0.6 is 0 Å². The largest absolute Gasteiger partial charge is 0.499 e. The molecule has 0 atom stereocenters. The molecule has 0 saturated carbocycles. The molecule has 7 nitrogen and oxygen atoms in total. The van der Waals surface area contributed by atoms with Gasteiger partial charge in [0.25, 0.3) is 5.69 Å². The number of ether oxygens (including phenoxy) is 1. The summed E-state index contributed by atoms with van der Waals surface area (Å²) in [6, 6.07) is 0.993. The average Bonchev–Trinajstić information content (AvgIpc) is 2.26. The van der Waals surface area contributed by atoms with Gasteiger partial charge in [-0.05, 0) is 6.07 Å². The number of hydrogen-bond acceptors (Lipinski definition) is 5. The number of benzene rings is 1. The molecule has 0 N–H and O–H groups in total. The summed E-state index contributed by atoms with van der Waals surface area (Å²) in [4.78, 5) is 18.4. The number of nitro groups is 2. The van der Waals surface area contributed by atoms with Crippen molar-refractivity contribution < 1.29 is 36.5 Å². The molecule has 0 aliphatic heterocycles. The molecular formula is C8H3F5N2O5. The van der Waals surface area contributed by atoms with Crippen LogP contribution in [0.1, 0.15) is 0 Å². The zero-order valence-corrected chi connectivity index (χ0v) is 9.06. The predicted molar refractivity (Wildman–Crippen MR) is 51.4 cm³/mol. The molecule has 0 aliphatic carbocycles. The summed E-state index contributed by atoms with van der Waals surface area (Å²) in [6.45, 7) is 0. The van der Waals surface area contributed by atoms with Crippen LogP contribution in [0.2, 0.25) is 0 Å². The first kappa shape index (κ1) is 15.5. The third-order valence-corrected chi connectivity index (χ3v) is 1.92. The minimum absolute atomic E-state index is 0.210. The molecule has 20 heavy (non-hydrogen) atoms. The average molecular weight is 302 g/mol. The van der Waals surface area contributed by atoms with Gasteiger partial charge in [-0.3, -0.25) is 20.2 Å². The SMILES string of the molecule is O=[N+]([O-])c1ccc(OC(F)(F)C(F)(F)F)c([N+](=O)[O-])c1. The van der Waals surface area contributed by atoms with Gasteiger partial charge < -0.3 is 4.74 Å². The molecule has 0 amide bonds. The van der Waals surface area contributed by atoms with E-state index in [1.165, 1.54) is 0 Å². The van der Waals surface area contributed by atoms with Crippen LogP contribution < -0.4 is 4.74 Å². The van der Waals surface area contributed by atoms with Crippen LogP contribution in [0.3, 0.4) is 0 Å². The van der Waals surface area contributed by atoms with Crippen LogP contribution in [0.15, 0.2) is 18.2 Å². The van der Waals surface area contributed by atoms with Gasteiger partial charge >= 0.3 is 18.0 Å². The number of nitrogens with zero attached hydrogens (tertiary/aromatic N) is 2. The fraction of sp³-hybridized carbons (Fsp3) is 0.250. The minimum Gasteiger partial charge on any atom is -0.418 e. The van der Waals surface area contributed by atoms with E-state index in [1.54, 1.807) is 0 Å². The van der Waals surface area contributed by atoms with Gasteiger partial charge in [0.15, 0.2) is 0 Å². The quantitative estimate of drug-likeness (QED) is 0.484. The molecule has 0 spiro atoms. The van der Waals surface area contributed by atoms with Gasteiger partial charge in [-0.15, -0.1) is 0 Å². The molecule has 0 heterocycles. The second-order valence-electron chi connectivity index (χ2n) is 3.28. The topological polar surface area (TPSA) is 95.5 Å². The van der Waals surface area contributed by atoms with E-state index >= 15 is 0 Å². The molecule has 1 aromatic rings. The third-order valence-electron chi connectivity index (χ3n) is 1.92. The van der Waals surface area contributed by atoms with E-state index in [9.17, 15) is 42.2 Å². The molecule has 1 rings (SSSR count). The summed E-state index contributed by atoms with van der Waals surface area (Å²) in [5, 5.41) is 20.9. The van der Waals surface area contributed by atoms with Crippen molar-refractivity contribution in [1.82, 2.24) is 0 Å². The van der Waals surface area contributed by atoms with E-state index in [2.05, 4.69) is 4.74 Å². The van der Waals surface area contributed by atoms with Crippen molar-refractivity contribution in [2.75, 3.05) is 0 Å². The smallest absolute Gasteiger partial charge is 0.418 e. The predicted octanol–water partition coefficient (Wildman–Crippen LogP) is 3.04. The van der Waals surface area contributed by atoms with Crippen LogP contribution in [-0.4, -0.2) is 22.1 Å². The highest BCUT2D eigenvalue weighted by atomic mass is 19.4. The molecular weight excluding hydrogens is 299 g/mol. The summed E-state index contributed by atoms with van der Waals surface area (Å²) in [5.41, 5.74) is -2.25. The highest BCUT2D eigenvalue weighted by molar-refractivity contribution is 5.53. The molecule has 12 heteroatoms. The Morgan fingerprint density at radius 1 is 1.00 bits per heavy atom. The number of halogens is 5. The maximum Gasteiger partial charge on any atom is 0.499 e. The van der Waals surface area contributed by atoms with Gasteiger partial charge in [0.1, 0.15) is 0 Å². The first-order valence-corrected chi connectivity index (χ1v) is 4.52. The Morgan fingerprint density at radius 2 is 1.55 bits per heavy atom. The molecule has 0 fully saturated rings. The third kappa shape index (κ3) is 3.07. The molecule has 0 saturated heterocycles. The second kappa shape index (κ2) is 4.86. The lowest BCUT2D eigenvalue weighted by Crippen LogP contribution is -2.42. The molecule has 0 unspecified atom stereocenters. The number of alkyl halides is 5. The van der Waals surface area contributed by atoms with Crippen molar-refractivity contribution in [2.45, 2.75) is 12.3 Å². The van der Waals surface area contributed by atoms with Crippen molar-refractivity contribution in [3.05, 3.63) is 38.4 Å². The number of rotatable bonds is 4. The number of non-ortho nitro benzene ring substituents is 1. The van der Waals surface area contributed by atoms with Crippen LogP contribution in [0, 0.1) is 20.2 Å². The Kier molecular flexibility index (Phi) is 3.78. The van der Waals surface area contributed by atoms with E-state index in [4.69, 9.17) is 0 Å². The van der Waals surface area contributed by atoms with E-state index in [0.717, 1.165) is 0 Å². The van der Waals surface area contributed by atoms with Crippen molar-refractivity contribution in [3.8, 4) is 5.75 Å². The summed E-state index contributed by atoms with van der Waals surface area (Å²) in [7, 11) is 0. The lowest BCUT2D eigenvalue weighted by atomic mass is 10.2. The molecule has 0 aliphatic rings. The Balaban J connectivity index is 3.26. The van der Waals surface area contributed by atoms with Crippen molar-refractivity contribution in [1.29, 1.82) is 0 Å². The van der Waals surface area contributed by atoms with E-state index in [-0.39, 0.29) is 12.1 Å². The fourth-order valence-corrected chi connectivity index (χ4v) is 1.04. The Labute approximate surface area is 105 Å². The molecule has 110 valence electrons. The summed E-state index contributed by atoms with van der Waals surface area (Å²) in [5.74, 6) is -1.44. The van der Waals surface area contributed by atoms with Crippen LogP contribution in [0.5, 0.6) is 5.75 Å². The normalized spacial score (nSPS) is 12.1. The Hall–Kier alpha value is -2.53.